The smallest absolute Gasteiger partial charge is 0.424 e. The number of hydrogen-bond acceptors (Lipinski definition) is 4. The third-order valence-electron chi connectivity index (χ3n) is 2.13. The lowest BCUT2D eigenvalue weighted by molar-refractivity contribution is 0.133. The molecular formula is C11H11NO4. The Morgan fingerprint density at radius 2 is 2.12 bits per heavy atom. The lowest BCUT2D eigenvalue weighted by atomic mass is 10.3. The maximum absolute atomic E-state index is 11.6. The SMILES string of the molecule is CC1CN(C(=O)Oc2ccccc2)C(=O)O1. The number of carbonyl (C=O) groups is 2. The number of ether oxygens (including phenoxy) is 2. The zero-order chi connectivity index (χ0) is 11.5. The van der Waals surface area contributed by atoms with E-state index in [0.717, 1.165) is 4.90 Å². The minimum Gasteiger partial charge on any atom is -0.444 e. The first-order chi connectivity index (χ1) is 7.66. The maximum Gasteiger partial charge on any atom is 0.424 e. The van der Waals surface area contributed by atoms with E-state index in [1.807, 2.05) is 6.07 Å². The highest BCUT2D eigenvalue weighted by Crippen LogP contribution is 2.15. The topological polar surface area (TPSA) is 55.8 Å². The molecule has 1 aliphatic heterocycles. The van der Waals surface area contributed by atoms with Crippen LogP contribution in [-0.4, -0.2) is 29.7 Å². The molecule has 2 amide bonds. The standard InChI is InChI=1S/C11H11NO4/c1-8-7-12(10(13)15-8)11(14)16-9-5-3-2-4-6-9/h2-6,8H,7H2,1H3. The fourth-order valence-electron chi connectivity index (χ4n) is 1.40. The van der Waals surface area contributed by atoms with Crippen molar-refractivity contribution >= 4 is 12.2 Å². The van der Waals surface area contributed by atoms with Gasteiger partial charge in [0.2, 0.25) is 0 Å². The Bertz CT molecular complexity index is 404. The molecule has 1 aliphatic rings. The van der Waals surface area contributed by atoms with Gasteiger partial charge in [-0.1, -0.05) is 18.2 Å². The van der Waals surface area contributed by atoms with Crippen LogP contribution >= 0.6 is 0 Å². The highest BCUT2D eigenvalue weighted by molar-refractivity contribution is 5.90. The number of benzene rings is 1. The normalized spacial score (nSPS) is 19.4. The van der Waals surface area contributed by atoms with E-state index in [4.69, 9.17) is 9.47 Å². The third-order valence-corrected chi connectivity index (χ3v) is 2.13. The summed E-state index contributed by atoms with van der Waals surface area (Å²) in [6.45, 7) is 1.94. The summed E-state index contributed by atoms with van der Waals surface area (Å²) in [4.78, 5) is 23.7. The number of amides is 2. The van der Waals surface area contributed by atoms with Crippen molar-refractivity contribution in [2.75, 3.05) is 6.54 Å². The van der Waals surface area contributed by atoms with Crippen molar-refractivity contribution in [3.63, 3.8) is 0 Å². The number of cyclic esters (lactones) is 1. The van der Waals surface area contributed by atoms with Gasteiger partial charge < -0.3 is 9.47 Å². The molecule has 16 heavy (non-hydrogen) atoms. The molecule has 1 saturated heterocycles. The summed E-state index contributed by atoms with van der Waals surface area (Å²) in [5, 5.41) is 0. The van der Waals surface area contributed by atoms with E-state index in [2.05, 4.69) is 0 Å². The van der Waals surface area contributed by atoms with Crippen LogP contribution in [0.4, 0.5) is 9.59 Å². The first-order valence-electron chi connectivity index (χ1n) is 4.92. The van der Waals surface area contributed by atoms with Crippen LogP contribution in [0.2, 0.25) is 0 Å². The van der Waals surface area contributed by atoms with E-state index in [1.54, 1.807) is 31.2 Å². The predicted molar refractivity (Wildman–Crippen MR) is 55.1 cm³/mol. The van der Waals surface area contributed by atoms with Gasteiger partial charge in [-0.25, -0.2) is 14.5 Å². The van der Waals surface area contributed by atoms with Crippen molar-refractivity contribution in [1.29, 1.82) is 0 Å². The molecule has 1 aromatic rings. The first kappa shape index (κ1) is 10.5. The Labute approximate surface area is 92.6 Å². The molecule has 1 unspecified atom stereocenters. The van der Waals surface area contributed by atoms with E-state index >= 15 is 0 Å². The summed E-state index contributed by atoms with van der Waals surface area (Å²) in [6.07, 6.45) is -1.65. The lowest BCUT2D eigenvalue weighted by Gasteiger charge is -2.10. The number of hydrogen-bond donors (Lipinski definition) is 0. The largest absolute Gasteiger partial charge is 0.444 e. The average molecular weight is 221 g/mol. The van der Waals surface area contributed by atoms with Gasteiger partial charge in [-0.05, 0) is 19.1 Å². The Balaban J connectivity index is 2.01. The van der Waals surface area contributed by atoms with Crippen LogP contribution in [0, 0.1) is 0 Å². The van der Waals surface area contributed by atoms with Gasteiger partial charge in [0, 0.05) is 0 Å². The van der Waals surface area contributed by atoms with Gasteiger partial charge in [0.25, 0.3) is 0 Å². The third kappa shape index (κ3) is 2.13. The minimum atomic E-state index is -0.708. The number of imide groups is 1. The molecule has 0 aromatic heterocycles. The van der Waals surface area contributed by atoms with E-state index in [0.29, 0.717) is 5.75 Å². The molecular weight excluding hydrogens is 210 g/mol. The Morgan fingerprint density at radius 3 is 2.69 bits per heavy atom. The lowest BCUT2D eigenvalue weighted by Crippen LogP contribution is -2.34. The zero-order valence-electron chi connectivity index (χ0n) is 8.75. The van der Waals surface area contributed by atoms with Crippen LogP contribution in [-0.2, 0) is 4.74 Å². The Kier molecular flexibility index (Phi) is 2.76. The van der Waals surface area contributed by atoms with Gasteiger partial charge in [0.1, 0.15) is 11.9 Å². The Morgan fingerprint density at radius 1 is 1.44 bits per heavy atom. The van der Waals surface area contributed by atoms with Crippen molar-refractivity contribution in [2.45, 2.75) is 13.0 Å². The maximum atomic E-state index is 11.6. The van der Waals surface area contributed by atoms with Gasteiger partial charge in [-0.3, -0.25) is 0 Å². The summed E-state index contributed by atoms with van der Waals surface area (Å²) in [5.41, 5.74) is 0. The number of nitrogens with zero attached hydrogens (tertiary/aromatic N) is 1. The summed E-state index contributed by atoms with van der Waals surface area (Å²) in [6, 6.07) is 8.58. The summed E-state index contributed by atoms with van der Waals surface area (Å²) in [7, 11) is 0. The molecule has 1 atom stereocenters. The van der Waals surface area contributed by atoms with Crippen LogP contribution in [0.15, 0.2) is 30.3 Å². The molecule has 0 bridgehead atoms. The fraction of sp³-hybridized carbons (Fsp3) is 0.273. The molecule has 1 aromatic carbocycles. The highest BCUT2D eigenvalue weighted by atomic mass is 16.6. The van der Waals surface area contributed by atoms with Gasteiger partial charge in [-0.2, -0.15) is 0 Å². The molecule has 5 nitrogen and oxygen atoms in total. The quantitative estimate of drug-likeness (QED) is 0.728. The Hall–Kier alpha value is -2.04. The highest BCUT2D eigenvalue weighted by Gasteiger charge is 2.34. The summed E-state index contributed by atoms with van der Waals surface area (Å²) >= 11 is 0. The molecule has 0 aliphatic carbocycles. The zero-order valence-corrected chi connectivity index (χ0v) is 8.75. The van der Waals surface area contributed by atoms with E-state index in [-0.39, 0.29) is 12.6 Å². The molecule has 1 fully saturated rings. The minimum absolute atomic E-state index is 0.227. The second-order valence-electron chi connectivity index (χ2n) is 3.49. The molecule has 0 saturated carbocycles. The van der Waals surface area contributed by atoms with Crippen molar-refractivity contribution in [1.82, 2.24) is 4.90 Å². The average Bonchev–Trinajstić information content (AvgIpc) is 2.59. The summed E-state index contributed by atoms with van der Waals surface area (Å²) < 4.78 is 9.82. The molecule has 5 heteroatoms. The van der Waals surface area contributed by atoms with Crippen LogP contribution in [0.1, 0.15) is 6.92 Å². The predicted octanol–water partition coefficient (Wildman–Crippen LogP) is 2.03. The van der Waals surface area contributed by atoms with Crippen molar-refractivity contribution in [2.24, 2.45) is 0 Å². The first-order valence-corrected chi connectivity index (χ1v) is 4.92. The van der Waals surface area contributed by atoms with Gasteiger partial charge in [0.15, 0.2) is 0 Å². The van der Waals surface area contributed by atoms with E-state index < -0.39 is 12.2 Å². The van der Waals surface area contributed by atoms with Crippen molar-refractivity contribution < 1.29 is 19.1 Å². The molecule has 1 heterocycles. The van der Waals surface area contributed by atoms with Crippen molar-refractivity contribution in [3.8, 4) is 5.75 Å². The number of rotatable bonds is 1. The molecule has 0 radical (unpaired) electrons. The van der Waals surface area contributed by atoms with Crippen LogP contribution in [0.3, 0.4) is 0 Å². The molecule has 84 valence electrons. The number of carbonyl (C=O) groups excluding carboxylic acids is 2. The molecule has 0 N–H and O–H groups in total. The second-order valence-corrected chi connectivity index (χ2v) is 3.49. The van der Waals surface area contributed by atoms with Crippen molar-refractivity contribution in [3.05, 3.63) is 30.3 Å². The fourth-order valence-corrected chi connectivity index (χ4v) is 1.40. The van der Waals surface area contributed by atoms with Gasteiger partial charge in [0.05, 0.1) is 6.54 Å². The van der Waals surface area contributed by atoms with E-state index in [9.17, 15) is 9.59 Å². The second kappa shape index (κ2) is 4.22. The van der Waals surface area contributed by atoms with Gasteiger partial charge in [-0.15, -0.1) is 0 Å². The molecule has 2 rings (SSSR count). The number of para-hydroxylation sites is 1. The van der Waals surface area contributed by atoms with Crippen LogP contribution in [0.5, 0.6) is 5.75 Å². The monoisotopic (exact) mass is 221 g/mol. The molecule has 0 spiro atoms. The van der Waals surface area contributed by atoms with E-state index in [1.165, 1.54) is 0 Å². The van der Waals surface area contributed by atoms with Crippen LogP contribution < -0.4 is 4.74 Å². The van der Waals surface area contributed by atoms with Gasteiger partial charge >= 0.3 is 12.2 Å². The summed E-state index contributed by atoms with van der Waals surface area (Å²) in [5.74, 6) is 0.403. The van der Waals surface area contributed by atoms with Crippen LogP contribution in [0.25, 0.3) is 0 Å².